The fraction of sp³-hybridized carbons (Fsp3) is 0.615. The zero-order chi connectivity index (χ0) is 14.0. The lowest BCUT2D eigenvalue weighted by molar-refractivity contribution is 0.0775. The lowest BCUT2D eigenvalue weighted by atomic mass is 10.1. The predicted octanol–water partition coefficient (Wildman–Crippen LogP) is 1.71. The molecule has 1 N–H and O–H groups in total. The Morgan fingerprint density at radius 3 is 2.95 bits per heavy atom. The van der Waals surface area contributed by atoms with Crippen LogP contribution in [0.3, 0.4) is 0 Å². The summed E-state index contributed by atoms with van der Waals surface area (Å²) in [6.07, 6.45) is 2.30. The third-order valence-electron chi connectivity index (χ3n) is 3.31. The Balaban J connectivity index is 2.21. The average Bonchev–Trinajstić information content (AvgIpc) is 2.87. The van der Waals surface area contributed by atoms with Gasteiger partial charge in [0.2, 0.25) is 0 Å². The number of rotatable bonds is 3. The summed E-state index contributed by atoms with van der Waals surface area (Å²) in [5, 5.41) is 9.40. The average molecular weight is 284 g/mol. The van der Waals surface area contributed by atoms with E-state index in [1.165, 1.54) is 6.20 Å². The monoisotopic (exact) mass is 283 g/mol. The van der Waals surface area contributed by atoms with Crippen LogP contribution in [0.5, 0.6) is 0 Å². The summed E-state index contributed by atoms with van der Waals surface area (Å²) in [5.74, 6) is 0.748. The lowest BCUT2D eigenvalue weighted by Crippen LogP contribution is -2.30. The molecule has 19 heavy (non-hydrogen) atoms. The smallest absolute Gasteiger partial charge is 0.274 e. The minimum atomic E-state index is -0.176. The van der Waals surface area contributed by atoms with E-state index in [4.69, 9.17) is 16.7 Å². The number of halogens is 1. The summed E-state index contributed by atoms with van der Waals surface area (Å²) in [4.78, 5) is 22.5. The van der Waals surface area contributed by atoms with E-state index >= 15 is 0 Å². The molecule has 1 aromatic heterocycles. The molecule has 1 fully saturated rings. The molecule has 2 heterocycles. The number of aliphatic hydroxyl groups is 1. The second-order valence-corrected chi connectivity index (χ2v) is 5.58. The number of hydrogen-bond donors (Lipinski definition) is 1. The molecular weight excluding hydrogens is 266 g/mol. The van der Waals surface area contributed by atoms with Gasteiger partial charge in [0.25, 0.3) is 5.91 Å². The Hall–Kier alpha value is -1.20. The summed E-state index contributed by atoms with van der Waals surface area (Å²) >= 11 is 6.02. The Bertz CT molecular complexity index is 479. The molecule has 1 saturated heterocycles. The van der Waals surface area contributed by atoms with Gasteiger partial charge in [-0.3, -0.25) is 4.79 Å². The maximum absolute atomic E-state index is 12.4. The minimum absolute atomic E-state index is 0.110. The van der Waals surface area contributed by atoms with Crippen LogP contribution in [0.4, 0.5) is 0 Å². The van der Waals surface area contributed by atoms with Gasteiger partial charge in [0.05, 0.1) is 11.2 Å². The first kappa shape index (κ1) is 14.2. The van der Waals surface area contributed by atoms with Crippen molar-refractivity contribution in [1.29, 1.82) is 0 Å². The highest BCUT2D eigenvalue weighted by atomic mass is 35.5. The Morgan fingerprint density at radius 2 is 2.37 bits per heavy atom. The molecule has 6 heteroatoms. The molecular formula is C13H18ClN3O2. The van der Waals surface area contributed by atoms with Gasteiger partial charge in [-0.05, 0) is 6.42 Å². The molecule has 1 aliphatic heterocycles. The van der Waals surface area contributed by atoms with E-state index < -0.39 is 0 Å². The summed E-state index contributed by atoms with van der Waals surface area (Å²) in [5.41, 5.74) is 0.263. The third-order valence-corrected chi connectivity index (χ3v) is 3.59. The van der Waals surface area contributed by atoms with E-state index in [0.717, 1.165) is 6.42 Å². The van der Waals surface area contributed by atoms with Gasteiger partial charge in [0.15, 0.2) is 5.69 Å². The van der Waals surface area contributed by atoms with Gasteiger partial charge in [-0.25, -0.2) is 9.97 Å². The molecule has 1 aromatic rings. The van der Waals surface area contributed by atoms with Crippen LogP contribution in [0, 0.1) is 5.92 Å². The number of likely N-dealkylation sites (tertiary alicyclic amines) is 1. The van der Waals surface area contributed by atoms with Crippen molar-refractivity contribution < 1.29 is 9.90 Å². The number of aromatic nitrogens is 2. The van der Waals surface area contributed by atoms with Gasteiger partial charge in [-0.1, -0.05) is 25.4 Å². The van der Waals surface area contributed by atoms with Crippen molar-refractivity contribution in [3.8, 4) is 0 Å². The first-order chi connectivity index (χ1) is 9.02. The Kier molecular flexibility index (Phi) is 4.37. The molecule has 0 spiro atoms. The fourth-order valence-corrected chi connectivity index (χ4v) is 2.30. The molecule has 1 unspecified atom stereocenters. The number of amides is 1. The van der Waals surface area contributed by atoms with Crippen LogP contribution in [0.25, 0.3) is 0 Å². The molecule has 2 rings (SSSR count). The summed E-state index contributed by atoms with van der Waals surface area (Å²) in [6, 6.07) is 0. The number of hydrogen-bond acceptors (Lipinski definition) is 4. The van der Waals surface area contributed by atoms with E-state index in [2.05, 4.69) is 9.97 Å². The molecule has 1 atom stereocenters. The molecule has 0 aromatic carbocycles. The van der Waals surface area contributed by atoms with Crippen LogP contribution in [0.15, 0.2) is 6.20 Å². The second kappa shape index (κ2) is 5.84. The van der Waals surface area contributed by atoms with Crippen LogP contribution in [0.1, 0.15) is 42.5 Å². The van der Waals surface area contributed by atoms with Crippen LogP contribution >= 0.6 is 11.6 Å². The minimum Gasteiger partial charge on any atom is -0.396 e. The van der Waals surface area contributed by atoms with Gasteiger partial charge < -0.3 is 10.0 Å². The topological polar surface area (TPSA) is 66.3 Å². The first-order valence-corrected chi connectivity index (χ1v) is 6.83. The van der Waals surface area contributed by atoms with Crippen molar-refractivity contribution in [2.24, 2.45) is 5.92 Å². The molecule has 0 radical (unpaired) electrons. The van der Waals surface area contributed by atoms with Crippen LogP contribution in [-0.2, 0) is 0 Å². The van der Waals surface area contributed by atoms with Gasteiger partial charge in [-0.2, -0.15) is 0 Å². The van der Waals surface area contributed by atoms with Gasteiger partial charge in [-0.15, -0.1) is 0 Å². The van der Waals surface area contributed by atoms with Gasteiger partial charge >= 0.3 is 0 Å². The van der Waals surface area contributed by atoms with Crippen LogP contribution < -0.4 is 0 Å². The zero-order valence-corrected chi connectivity index (χ0v) is 11.9. The largest absolute Gasteiger partial charge is 0.396 e. The molecule has 1 amide bonds. The van der Waals surface area contributed by atoms with Crippen LogP contribution in [-0.4, -0.2) is 45.6 Å². The van der Waals surface area contributed by atoms with E-state index in [-0.39, 0.29) is 35.1 Å². The van der Waals surface area contributed by atoms with Gasteiger partial charge in [0.1, 0.15) is 5.82 Å². The van der Waals surface area contributed by atoms with Crippen molar-refractivity contribution in [2.75, 3.05) is 19.7 Å². The van der Waals surface area contributed by atoms with Crippen molar-refractivity contribution in [3.05, 3.63) is 22.7 Å². The van der Waals surface area contributed by atoms with E-state index in [0.29, 0.717) is 18.9 Å². The van der Waals surface area contributed by atoms with E-state index in [1.807, 2.05) is 13.8 Å². The second-order valence-electron chi connectivity index (χ2n) is 5.17. The number of carbonyl (C=O) groups excluding carboxylic acids is 1. The maximum Gasteiger partial charge on any atom is 0.274 e. The first-order valence-electron chi connectivity index (χ1n) is 6.45. The third kappa shape index (κ3) is 3.04. The number of nitrogens with zero attached hydrogens (tertiary/aromatic N) is 3. The Morgan fingerprint density at radius 1 is 1.63 bits per heavy atom. The molecule has 0 aliphatic carbocycles. The SMILES string of the molecule is CC(C)c1ncc(Cl)c(C(=O)N2CCC(CO)C2)n1. The highest BCUT2D eigenvalue weighted by Crippen LogP contribution is 2.22. The van der Waals surface area contributed by atoms with Gasteiger partial charge in [0, 0.05) is 31.5 Å². The molecule has 104 valence electrons. The molecule has 0 saturated carbocycles. The number of carbonyl (C=O) groups is 1. The summed E-state index contributed by atoms with van der Waals surface area (Å²) in [6.45, 7) is 5.25. The summed E-state index contributed by atoms with van der Waals surface area (Å²) < 4.78 is 0. The number of aliphatic hydroxyl groups excluding tert-OH is 1. The molecule has 5 nitrogen and oxygen atoms in total. The predicted molar refractivity (Wildman–Crippen MR) is 72.2 cm³/mol. The standard InChI is InChI=1S/C13H18ClN3O2/c1-8(2)12-15-5-10(14)11(16-12)13(19)17-4-3-9(6-17)7-18/h5,8-9,18H,3-4,6-7H2,1-2H3. The quantitative estimate of drug-likeness (QED) is 0.917. The van der Waals surface area contributed by atoms with Crippen molar-refractivity contribution >= 4 is 17.5 Å². The lowest BCUT2D eigenvalue weighted by Gasteiger charge is -2.17. The highest BCUT2D eigenvalue weighted by molar-refractivity contribution is 6.33. The van der Waals surface area contributed by atoms with E-state index in [9.17, 15) is 4.79 Å². The summed E-state index contributed by atoms with van der Waals surface area (Å²) in [7, 11) is 0. The molecule has 0 bridgehead atoms. The van der Waals surface area contributed by atoms with Crippen LogP contribution in [0.2, 0.25) is 5.02 Å². The van der Waals surface area contributed by atoms with Crippen molar-refractivity contribution in [1.82, 2.24) is 14.9 Å². The fourth-order valence-electron chi connectivity index (χ4n) is 2.12. The van der Waals surface area contributed by atoms with E-state index in [1.54, 1.807) is 4.90 Å². The van der Waals surface area contributed by atoms with Crippen molar-refractivity contribution in [2.45, 2.75) is 26.2 Å². The zero-order valence-electron chi connectivity index (χ0n) is 11.1. The normalized spacial score (nSPS) is 19.2. The molecule has 1 aliphatic rings. The maximum atomic E-state index is 12.4. The Labute approximate surface area is 117 Å². The highest BCUT2D eigenvalue weighted by Gasteiger charge is 2.28. The van der Waals surface area contributed by atoms with Crippen molar-refractivity contribution in [3.63, 3.8) is 0 Å².